The van der Waals surface area contributed by atoms with Gasteiger partial charge in [0, 0.05) is 17.1 Å². The maximum absolute atomic E-state index is 13.4. The molecular formula is C28H30F3N5O. The Morgan fingerprint density at radius 3 is 2.54 bits per heavy atom. The van der Waals surface area contributed by atoms with E-state index in [1.165, 1.54) is 4.57 Å². The SMILES string of the molecule is CC(C)(C#N)c1ccc(NCC#Cc2cc3c(N[C@H]4CC[C@H](O)CC4)cccc3n2CC(F)(F)F)cn1. The zero-order chi connectivity index (χ0) is 26.6. The first-order chi connectivity index (χ1) is 17.6. The third-order valence-corrected chi connectivity index (χ3v) is 6.62. The number of alkyl halides is 3. The van der Waals surface area contributed by atoms with Crippen LogP contribution >= 0.6 is 0 Å². The van der Waals surface area contributed by atoms with Crippen molar-refractivity contribution in [3.8, 4) is 17.9 Å². The van der Waals surface area contributed by atoms with Crippen LogP contribution in [0.15, 0.2) is 42.6 Å². The number of hydrogen-bond acceptors (Lipinski definition) is 5. The number of halogens is 3. The molecule has 0 unspecified atom stereocenters. The quantitative estimate of drug-likeness (QED) is 0.378. The lowest BCUT2D eigenvalue weighted by molar-refractivity contribution is -0.140. The highest BCUT2D eigenvalue weighted by Gasteiger charge is 2.30. The number of nitrogens with zero attached hydrogens (tertiary/aromatic N) is 3. The number of benzene rings is 1. The van der Waals surface area contributed by atoms with Gasteiger partial charge in [-0.1, -0.05) is 12.0 Å². The minimum absolute atomic E-state index is 0.164. The first kappa shape index (κ1) is 26.4. The molecule has 3 N–H and O–H groups in total. The van der Waals surface area contributed by atoms with Crippen molar-refractivity contribution in [2.24, 2.45) is 0 Å². The van der Waals surface area contributed by atoms with Gasteiger partial charge >= 0.3 is 6.18 Å². The molecule has 0 bridgehead atoms. The first-order valence-electron chi connectivity index (χ1n) is 12.3. The maximum Gasteiger partial charge on any atom is 0.406 e. The Morgan fingerprint density at radius 2 is 1.89 bits per heavy atom. The van der Waals surface area contributed by atoms with E-state index in [2.05, 4.69) is 33.5 Å². The number of hydrogen-bond donors (Lipinski definition) is 3. The Morgan fingerprint density at radius 1 is 1.14 bits per heavy atom. The zero-order valence-electron chi connectivity index (χ0n) is 20.9. The molecule has 6 nitrogen and oxygen atoms in total. The summed E-state index contributed by atoms with van der Waals surface area (Å²) in [6.07, 6.45) is -0.0314. The van der Waals surface area contributed by atoms with E-state index in [0.29, 0.717) is 35.1 Å². The third kappa shape index (κ3) is 6.55. The summed E-state index contributed by atoms with van der Waals surface area (Å²) in [7, 11) is 0. The van der Waals surface area contributed by atoms with E-state index in [1.54, 1.807) is 50.4 Å². The van der Waals surface area contributed by atoms with Crippen molar-refractivity contribution in [1.29, 1.82) is 5.26 Å². The van der Waals surface area contributed by atoms with Gasteiger partial charge in [-0.15, -0.1) is 0 Å². The average molecular weight is 510 g/mol. The highest BCUT2D eigenvalue weighted by atomic mass is 19.4. The summed E-state index contributed by atoms with van der Waals surface area (Å²) in [4.78, 5) is 4.32. The summed E-state index contributed by atoms with van der Waals surface area (Å²) in [5.41, 5.74) is 2.18. The van der Waals surface area contributed by atoms with Crippen molar-refractivity contribution in [3.63, 3.8) is 0 Å². The van der Waals surface area contributed by atoms with E-state index in [-0.39, 0.29) is 24.4 Å². The highest BCUT2D eigenvalue weighted by Crippen LogP contribution is 2.32. The fourth-order valence-corrected chi connectivity index (χ4v) is 4.51. The second-order valence-electron chi connectivity index (χ2n) is 9.94. The van der Waals surface area contributed by atoms with Crippen LogP contribution in [0.1, 0.15) is 50.9 Å². The van der Waals surface area contributed by atoms with Crippen molar-refractivity contribution in [1.82, 2.24) is 9.55 Å². The number of aromatic nitrogens is 2. The van der Waals surface area contributed by atoms with Crippen LogP contribution in [-0.2, 0) is 12.0 Å². The Balaban J connectivity index is 1.54. The van der Waals surface area contributed by atoms with E-state index in [4.69, 9.17) is 0 Å². The Hall–Kier alpha value is -3.69. The van der Waals surface area contributed by atoms with E-state index in [9.17, 15) is 23.5 Å². The molecule has 1 aromatic carbocycles. The molecule has 2 aromatic heterocycles. The van der Waals surface area contributed by atoms with Crippen LogP contribution < -0.4 is 10.6 Å². The summed E-state index contributed by atoms with van der Waals surface area (Å²) >= 11 is 0. The van der Waals surface area contributed by atoms with Gasteiger partial charge in [0.25, 0.3) is 0 Å². The molecule has 0 atom stereocenters. The van der Waals surface area contributed by atoms with Crippen LogP contribution in [0.3, 0.4) is 0 Å². The molecule has 0 spiro atoms. The minimum Gasteiger partial charge on any atom is -0.393 e. The first-order valence-corrected chi connectivity index (χ1v) is 12.3. The van der Waals surface area contributed by atoms with Gasteiger partial charge in [0.1, 0.15) is 6.54 Å². The maximum atomic E-state index is 13.4. The number of aliphatic hydroxyl groups is 1. The van der Waals surface area contributed by atoms with Crippen molar-refractivity contribution < 1.29 is 18.3 Å². The molecule has 2 heterocycles. The monoisotopic (exact) mass is 509 g/mol. The van der Waals surface area contributed by atoms with Crippen LogP contribution in [0, 0.1) is 23.2 Å². The van der Waals surface area contributed by atoms with E-state index in [0.717, 1.165) is 18.5 Å². The largest absolute Gasteiger partial charge is 0.406 e. The Kier molecular flexibility index (Phi) is 7.65. The number of rotatable bonds is 6. The molecule has 37 heavy (non-hydrogen) atoms. The summed E-state index contributed by atoms with van der Waals surface area (Å²) in [5, 5.41) is 26.3. The lowest BCUT2D eigenvalue weighted by Gasteiger charge is -2.27. The number of fused-ring (bicyclic) bond motifs is 1. The second kappa shape index (κ2) is 10.7. The molecule has 0 aliphatic heterocycles. The molecule has 1 saturated carbocycles. The fraction of sp³-hybridized carbons (Fsp3) is 0.429. The molecule has 1 fully saturated rings. The van der Waals surface area contributed by atoms with E-state index >= 15 is 0 Å². The topological polar surface area (TPSA) is 85.9 Å². The Labute approximate surface area is 214 Å². The number of anilines is 2. The van der Waals surface area contributed by atoms with Gasteiger partial charge < -0.3 is 20.3 Å². The number of aliphatic hydroxyl groups excluding tert-OH is 1. The smallest absolute Gasteiger partial charge is 0.393 e. The summed E-state index contributed by atoms with van der Waals surface area (Å²) < 4.78 is 41.5. The molecule has 3 aromatic rings. The number of nitriles is 1. The molecule has 0 radical (unpaired) electrons. The van der Waals surface area contributed by atoms with Crippen molar-refractivity contribution in [2.45, 2.75) is 69.8 Å². The van der Waals surface area contributed by atoms with Gasteiger partial charge in [0.2, 0.25) is 0 Å². The second-order valence-corrected chi connectivity index (χ2v) is 9.94. The summed E-state index contributed by atoms with van der Waals surface area (Å²) in [6, 6.07) is 12.9. The normalized spacial score (nSPS) is 18.1. The van der Waals surface area contributed by atoms with Gasteiger partial charge in [0.15, 0.2) is 0 Å². The summed E-state index contributed by atoms with van der Waals surface area (Å²) in [6.45, 7) is 2.65. The number of nitrogens with one attached hydrogen (secondary N) is 2. The minimum atomic E-state index is -4.39. The predicted octanol–water partition coefficient (Wildman–Crippen LogP) is 5.58. The van der Waals surface area contributed by atoms with Crippen LogP contribution in [-0.4, -0.2) is 39.5 Å². The molecular weight excluding hydrogens is 479 g/mol. The standard InChI is InChI=1S/C28H30F3N5O/c1-27(2,17-32)26-13-10-20(16-34-26)33-14-4-5-21-15-23-24(35-19-8-11-22(37)12-9-19)6-3-7-25(23)36(21)18-28(29,30)31/h3,6-7,10,13,15-16,19,22,33,35,37H,8-9,11-12,14,18H2,1-2H3/t19-,22-. The third-order valence-electron chi connectivity index (χ3n) is 6.62. The molecule has 4 rings (SSSR count). The molecule has 1 aliphatic rings. The number of pyridine rings is 1. The van der Waals surface area contributed by atoms with Gasteiger partial charge in [0.05, 0.1) is 52.9 Å². The fourth-order valence-electron chi connectivity index (χ4n) is 4.51. The van der Waals surface area contributed by atoms with Gasteiger partial charge in [-0.3, -0.25) is 4.98 Å². The van der Waals surface area contributed by atoms with E-state index in [1.807, 2.05) is 6.07 Å². The van der Waals surface area contributed by atoms with Crippen molar-refractivity contribution in [3.05, 3.63) is 54.0 Å². The lowest BCUT2D eigenvalue weighted by Crippen LogP contribution is -2.28. The van der Waals surface area contributed by atoms with Crippen molar-refractivity contribution in [2.75, 3.05) is 17.2 Å². The van der Waals surface area contributed by atoms with Crippen LogP contribution in [0.5, 0.6) is 0 Å². The predicted molar refractivity (Wildman–Crippen MR) is 138 cm³/mol. The lowest BCUT2D eigenvalue weighted by atomic mass is 9.91. The van der Waals surface area contributed by atoms with Crippen molar-refractivity contribution >= 4 is 22.3 Å². The molecule has 0 amide bonds. The molecule has 9 heteroatoms. The van der Waals surface area contributed by atoms with Crippen LogP contribution in [0.4, 0.5) is 24.5 Å². The van der Waals surface area contributed by atoms with Gasteiger partial charge in [-0.2, -0.15) is 18.4 Å². The highest BCUT2D eigenvalue weighted by molar-refractivity contribution is 5.94. The van der Waals surface area contributed by atoms with Gasteiger partial charge in [-0.05, 0) is 75.8 Å². The molecule has 1 aliphatic carbocycles. The zero-order valence-corrected chi connectivity index (χ0v) is 20.9. The Bertz CT molecular complexity index is 1330. The van der Waals surface area contributed by atoms with Gasteiger partial charge in [-0.25, -0.2) is 0 Å². The van der Waals surface area contributed by atoms with Crippen LogP contribution in [0.2, 0.25) is 0 Å². The van der Waals surface area contributed by atoms with Crippen LogP contribution in [0.25, 0.3) is 10.9 Å². The molecule has 194 valence electrons. The average Bonchev–Trinajstić information content (AvgIpc) is 3.20. The molecule has 0 saturated heterocycles. The van der Waals surface area contributed by atoms with E-state index < -0.39 is 18.1 Å². The summed E-state index contributed by atoms with van der Waals surface area (Å²) in [5.74, 6) is 5.82.